The van der Waals surface area contributed by atoms with Gasteiger partial charge < -0.3 is 14.4 Å². The molecule has 1 aromatic carbocycles. The van der Waals surface area contributed by atoms with Crippen LogP contribution in [0.3, 0.4) is 0 Å². The summed E-state index contributed by atoms with van der Waals surface area (Å²) in [6.07, 6.45) is 4.70. The number of fused-ring (bicyclic) bond motifs is 1. The summed E-state index contributed by atoms with van der Waals surface area (Å²) in [7, 11) is 0. The SMILES string of the molecule is C=CC1=C(C=C)[C@H](c2ccc(F)cc2)N(C(=O)C2C[C@@H]3O[C@@H]3CO2)CC1. The average Bonchev–Trinajstić information content (AvgIpc) is 3.45. The van der Waals surface area contributed by atoms with Crippen molar-refractivity contribution in [3.63, 3.8) is 0 Å². The highest BCUT2D eigenvalue weighted by Gasteiger charge is 2.48. The Hall–Kier alpha value is -2.24. The molecule has 4 atom stereocenters. The van der Waals surface area contributed by atoms with Gasteiger partial charge in [-0.3, -0.25) is 4.79 Å². The summed E-state index contributed by atoms with van der Waals surface area (Å²) < 4.78 is 24.6. The van der Waals surface area contributed by atoms with Gasteiger partial charge in [0.25, 0.3) is 5.91 Å². The summed E-state index contributed by atoms with van der Waals surface area (Å²) in [5.74, 6) is -0.348. The van der Waals surface area contributed by atoms with Crippen molar-refractivity contribution in [1.29, 1.82) is 0 Å². The molecule has 2 saturated heterocycles. The van der Waals surface area contributed by atoms with Crippen LogP contribution in [0.2, 0.25) is 0 Å². The zero-order chi connectivity index (χ0) is 18.3. The Morgan fingerprint density at radius 2 is 1.96 bits per heavy atom. The van der Waals surface area contributed by atoms with E-state index in [0.29, 0.717) is 26.0 Å². The van der Waals surface area contributed by atoms with Crippen molar-refractivity contribution < 1.29 is 18.7 Å². The molecule has 1 unspecified atom stereocenters. The van der Waals surface area contributed by atoms with Crippen molar-refractivity contribution in [2.45, 2.75) is 37.2 Å². The van der Waals surface area contributed by atoms with E-state index in [1.807, 2.05) is 11.0 Å². The first kappa shape index (κ1) is 17.2. The van der Waals surface area contributed by atoms with Crippen LogP contribution < -0.4 is 0 Å². The van der Waals surface area contributed by atoms with Crippen LogP contribution in [0.15, 0.2) is 60.7 Å². The number of amides is 1. The van der Waals surface area contributed by atoms with Gasteiger partial charge in [-0.2, -0.15) is 0 Å². The van der Waals surface area contributed by atoms with E-state index in [1.54, 1.807) is 18.2 Å². The van der Waals surface area contributed by atoms with Gasteiger partial charge in [0.15, 0.2) is 0 Å². The standard InChI is InChI=1S/C21H22FNO3/c1-3-13-9-10-23(21(24)18-11-17-19(26-17)12-25-18)20(16(13)4-2)14-5-7-15(22)8-6-14/h3-8,17-20H,1-2,9-12H2/t17-,18?,19+,20-/m0/s1. The van der Waals surface area contributed by atoms with E-state index in [1.165, 1.54) is 12.1 Å². The van der Waals surface area contributed by atoms with E-state index in [2.05, 4.69) is 13.2 Å². The van der Waals surface area contributed by atoms with Crippen LogP contribution >= 0.6 is 0 Å². The van der Waals surface area contributed by atoms with Crippen LogP contribution in [0.4, 0.5) is 4.39 Å². The number of hydrogen-bond acceptors (Lipinski definition) is 3. The van der Waals surface area contributed by atoms with Gasteiger partial charge in [-0.1, -0.05) is 37.4 Å². The Balaban J connectivity index is 1.68. The highest BCUT2D eigenvalue weighted by Crippen LogP contribution is 2.39. The predicted octanol–water partition coefficient (Wildman–Crippen LogP) is 3.32. The van der Waals surface area contributed by atoms with E-state index in [9.17, 15) is 9.18 Å². The summed E-state index contributed by atoms with van der Waals surface area (Å²) in [6, 6.07) is 5.96. The van der Waals surface area contributed by atoms with Gasteiger partial charge in [0.1, 0.15) is 18.0 Å². The molecule has 4 nitrogen and oxygen atoms in total. The van der Waals surface area contributed by atoms with Crippen molar-refractivity contribution in [3.05, 3.63) is 72.1 Å². The van der Waals surface area contributed by atoms with Gasteiger partial charge in [0.2, 0.25) is 0 Å². The molecular formula is C21H22FNO3. The van der Waals surface area contributed by atoms with Gasteiger partial charge in [0.05, 0.1) is 18.8 Å². The van der Waals surface area contributed by atoms with E-state index in [4.69, 9.17) is 9.47 Å². The lowest BCUT2D eigenvalue weighted by atomic mass is 9.87. The van der Waals surface area contributed by atoms with Gasteiger partial charge >= 0.3 is 0 Å². The molecule has 0 aliphatic carbocycles. The van der Waals surface area contributed by atoms with E-state index in [-0.39, 0.29) is 30.0 Å². The molecule has 5 heteroatoms. The van der Waals surface area contributed by atoms with E-state index < -0.39 is 6.10 Å². The second-order valence-corrected chi connectivity index (χ2v) is 6.90. The molecular weight excluding hydrogens is 333 g/mol. The molecule has 1 amide bonds. The Morgan fingerprint density at radius 1 is 1.19 bits per heavy atom. The highest BCUT2D eigenvalue weighted by atomic mass is 19.1. The average molecular weight is 355 g/mol. The fourth-order valence-electron chi connectivity index (χ4n) is 3.94. The van der Waals surface area contributed by atoms with Gasteiger partial charge in [-0.15, -0.1) is 0 Å². The number of ether oxygens (including phenoxy) is 2. The number of nitrogens with zero attached hydrogens (tertiary/aromatic N) is 1. The molecule has 3 aliphatic heterocycles. The molecule has 0 aromatic heterocycles. The number of carbonyl (C=O) groups is 1. The molecule has 136 valence electrons. The fraction of sp³-hybridized carbons (Fsp3) is 0.381. The van der Waals surface area contributed by atoms with Crippen LogP contribution in [0.5, 0.6) is 0 Å². The number of hydrogen-bond donors (Lipinski definition) is 0. The van der Waals surface area contributed by atoms with Gasteiger partial charge in [-0.05, 0) is 35.3 Å². The molecule has 1 aromatic rings. The maximum atomic E-state index is 13.4. The molecule has 0 radical (unpaired) electrons. The van der Waals surface area contributed by atoms with Gasteiger partial charge in [0, 0.05) is 13.0 Å². The Labute approximate surface area is 152 Å². The molecule has 0 N–H and O–H groups in total. The van der Waals surface area contributed by atoms with Crippen molar-refractivity contribution in [2.24, 2.45) is 0 Å². The summed E-state index contributed by atoms with van der Waals surface area (Å²) in [4.78, 5) is 15.0. The molecule has 3 heterocycles. The smallest absolute Gasteiger partial charge is 0.252 e. The summed E-state index contributed by atoms with van der Waals surface area (Å²) in [5, 5.41) is 0. The molecule has 26 heavy (non-hydrogen) atoms. The molecule has 0 bridgehead atoms. The predicted molar refractivity (Wildman–Crippen MR) is 95.9 cm³/mol. The number of allylic oxidation sites excluding steroid dienone is 1. The number of carbonyl (C=O) groups excluding carboxylic acids is 1. The summed E-state index contributed by atoms with van der Waals surface area (Å²) in [5.41, 5.74) is 2.85. The topological polar surface area (TPSA) is 42.1 Å². The zero-order valence-electron chi connectivity index (χ0n) is 14.6. The maximum absolute atomic E-state index is 13.4. The lowest BCUT2D eigenvalue weighted by Crippen LogP contribution is -2.47. The second kappa shape index (κ2) is 6.82. The minimum atomic E-state index is -0.488. The van der Waals surface area contributed by atoms with Crippen LogP contribution in [-0.2, 0) is 14.3 Å². The highest BCUT2D eigenvalue weighted by molar-refractivity contribution is 5.82. The Morgan fingerprint density at radius 3 is 2.62 bits per heavy atom. The van der Waals surface area contributed by atoms with E-state index in [0.717, 1.165) is 16.7 Å². The fourth-order valence-corrected chi connectivity index (χ4v) is 3.94. The first-order chi connectivity index (χ1) is 12.6. The van der Waals surface area contributed by atoms with Crippen LogP contribution in [-0.4, -0.2) is 42.3 Å². The Kier molecular flexibility index (Phi) is 4.51. The first-order valence-electron chi connectivity index (χ1n) is 8.93. The number of rotatable bonds is 4. The molecule has 0 saturated carbocycles. The first-order valence-corrected chi connectivity index (χ1v) is 8.93. The third-order valence-corrected chi connectivity index (χ3v) is 5.41. The summed E-state index contributed by atoms with van der Waals surface area (Å²) in [6.45, 7) is 8.86. The second-order valence-electron chi connectivity index (χ2n) is 6.90. The molecule has 4 rings (SSSR count). The van der Waals surface area contributed by atoms with Crippen LogP contribution in [0.25, 0.3) is 0 Å². The Bertz CT molecular complexity index is 770. The van der Waals surface area contributed by atoms with Crippen LogP contribution in [0.1, 0.15) is 24.4 Å². The summed E-state index contributed by atoms with van der Waals surface area (Å²) >= 11 is 0. The maximum Gasteiger partial charge on any atom is 0.252 e. The lowest BCUT2D eigenvalue weighted by Gasteiger charge is -2.40. The number of epoxide rings is 1. The lowest BCUT2D eigenvalue weighted by molar-refractivity contribution is -0.147. The molecule has 3 aliphatic rings. The third kappa shape index (κ3) is 3.02. The number of benzene rings is 1. The van der Waals surface area contributed by atoms with E-state index >= 15 is 0 Å². The molecule has 0 spiro atoms. The minimum absolute atomic E-state index is 0.0456. The quantitative estimate of drug-likeness (QED) is 0.778. The molecule has 2 fully saturated rings. The third-order valence-electron chi connectivity index (χ3n) is 5.41. The zero-order valence-corrected chi connectivity index (χ0v) is 14.6. The van der Waals surface area contributed by atoms with Crippen LogP contribution in [0, 0.1) is 5.82 Å². The largest absolute Gasteiger partial charge is 0.367 e. The van der Waals surface area contributed by atoms with Crippen molar-refractivity contribution in [3.8, 4) is 0 Å². The van der Waals surface area contributed by atoms with Crippen molar-refractivity contribution in [1.82, 2.24) is 4.90 Å². The van der Waals surface area contributed by atoms with Crippen molar-refractivity contribution in [2.75, 3.05) is 13.2 Å². The van der Waals surface area contributed by atoms with Crippen molar-refractivity contribution >= 4 is 5.91 Å². The van der Waals surface area contributed by atoms with Gasteiger partial charge in [-0.25, -0.2) is 4.39 Å². The number of halogens is 1. The monoisotopic (exact) mass is 355 g/mol. The minimum Gasteiger partial charge on any atom is -0.367 e. The normalized spacial score (nSPS) is 30.6.